The predicted octanol–water partition coefficient (Wildman–Crippen LogP) is 1.52. The first-order valence-electron chi connectivity index (χ1n) is 5.62. The van der Waals surface area contributed by atoms with E-state index < -0.39 is 0 Å². The SMILES string of the molecule is O=C1CCC(CNCc2ccc(O)c(Br)c2)N1. The highest BCUT2D eigenvalue weighted by molar-refractivity contribution is 9.10. The largest absolute Gasteiger partial charge is 0.507 e. The van der Waals surface area contributed by atoms with E-state index in [1.54, 1.807) is 6.07 Å². The van der Waals surface area contributed by atoms with Gasteiger partial charge in [0.2, 0.25) is 5.91 Å². The van der Waals surface area contributed by atoms with Crippen LogP contribution in [-0.2, 0) is 11.3 Å². The second-order valence-corrected chi connectivity index (χ2v) is 5.07. The van der Waals surface area contributed by atoms with Gasteiger partial charge >= 0.3 is 0 Å². The summed E-state index contributed by atoms with van der Waals surface area (Å²) in [6, 6.07) is 5.68. The van der Waals surface area contributed by atoms with Crippen molar-refractivity contribution >= 4 is 21.8 Å². The number of hydrogen-bond donors (Lipinski definition) is 3. The molecule has 1 atom stereocenters. The molecule has 0 spiro atoms. The van der Waals surface area contributed by atoms with Crippen LogP contribution in [0.15, 0.2) is 22.7 Å². The molecule has 0 aliphatic carbocycles. The molecule has 4 nitrogen and oxygen atoms in total. The molecular formula is C12H15BrN2O2. The van der Waals surface area contributed by atoms with Crippen molar-refractivity contribution in [3.05, 3.63) is 28.2 Å². The van der Waals surface area contributed by atoms with Gasteiger partial charge in [-0.25, -0.2) is 0 Å². The highest BCUT2D eigenvalue weighted by atomic mass is 79.9. The van der Waals surface area contributed by atoms with Gasteiger partial charge in [0.05, 0.1) is 4.47 Å². The lowest BCUT2D eigenvalue weighted by Gasteiger charge is -2.11. The van der Waals surface area contributed by atoms with Crippen LogP contribution in [0, 0.1) is 0 Å². The minimum absolute atomic E-state index is 0.143. The van der Waals surface area contributed by atoms with E-state index in [1.165, 1.54) is 0 Å². The first-order valence-corrected chi connectivity index (χ1v) is 6.42. The third-order valence-electron chi connectivity index (χ3n) is 2.82. The molecule has 1 saturated heterocycles. The molecule has 1 aromatic rings. The van der Waals surface area contributed by atoms with Gasteiger partial charge in [-0.15, -0.1) is 0 Å². The molecule has 1 amide bonds. The fourth-order valence-electron chi connectivity index (χ4n) is 1.88. The lowest BCUT2D eigenvalue weighted by Crippen LogP contribution is -2.35. The van der Waals surface area contributed by atoms with Gasteiger partial charge in [-0.05, 0) is 40.0 Å². The second-order valence-electron chi connectivity index (χ2n) is 4.22. The molecule has 2 rings (SSSR count). The van der Waals surface area contributed by atoms with Crippen LogP contribution in [0.25, 0.3) is 0 Å². The molecule has 17 heavy (non-hydrogen) atoms. The third kappa shape index (κ3) is 3.44. The van der Waals surface area contributed by atoms with E-state index >= 15 is 0 Å². The van der Waals surface area contributed by atoms with E-state index in [-0.39, 0.29) is 17.7 Å². The van der Waals surface area contributed by atoms with Gasteiger partial charge in [0.15, 0.2) is 0 Å². The minimum Gasteiger partial charge on any atom is -0.507 e. The molecule has 0 saturated carbocycles. The smallest absolute Gasteiger partial charge is 0.220 e. The van der Waals surface area contributed by atoms with E-state index in [0.717, 1.165) is 25.1 Å². The summed E-state index contributed by atoms with van der Waals surface area (Å²) in [5.74, 6) is 0.390. The Kier molecular flexibility index (Phi) is 4.02. The quantitative estimate of drug-likeness (QED) is 0.790. The summed E-state index contributed by atoms with van der Waals surface area (Å²) in [7, 11) is 0. The molecule has 5 heteroatoms. The van der Waals surface area contributed by atoms with Gasteiger partial charge in [0.25, 0.3) is 0 Å². The first kappa shape index (κ1) is 12.4. The van der Waals surface area contributed by atoms with Gasteiger partial charge in [0, 0.05) is 25.6 Å². The summed E-state index contributed by atoms with van der Waals surface area (Å²) in [6.45, 7) is 1.51. The van der Waals surface area contributed by atoms with Crippen LogP contribution in [0.1, 0.15) is 18.4 Å². The zero-order chi connectivity index (χ0) is 12.3. The Morgan fingerprint density at radius 3 is 3.00 bits per heavy atom. The molecule has 0 bridgehead atoms. The topological polar surface area (TPSA) is 61.4 Å². The summed E-state index contributed by atoms with van der Waals surface area (Å²) in [6.07, 6.45) is 1.54. The van der Waals surface area contributed by atoms with Crippen molar-refractivity contribution in [1.82, 2.24) is 10.6 Å². The van der Waals surface area contributed by atoms with Crippen LogP contribution >= 0.6 is 15.9 Å². The Hall–Kier alpha value is -1.07. The number of benzene rings is 1. The van der Waals surface area contributed by atoms with Crippen LogP contribution in [0.4, 0.5) is 0 Å². The number of carbonyl (C=O) groups is 1. The van der Waals surface area contributed by atoms with Crippen LogP contribution in [0.2, 0.25) is 0 Å². The van der Waals surface area contributed by atoms with Gasteiger partial charge in [-0.3, -0.25) is 4.79 Å². The number of amides is 1. The molecule has 1 aliphatic rings. The fourth-order valence-corrected chi connectivity index (χ4v) is 2.31. The number of carbonyl (C=O) groups excluding carboxylic acids is 1. The molecule has 1 unspecified atom stereocenters. The zero-order valence-electron chi connectivity index (χ0n) is 9.37. The molecule has 0 aromatic heterocycles. The molecule has 0 radical (unpaired) electrons. The second kappa shape index (κ2) is 5.51. The minimum atomic E-state index is 0.143. The Labute approximate surface area is 109 Å². The van der Waals surface area contributed by atoms with E-state index in [9.17, 15) is 9.90 Å². The summed E-state index contributed by atoms with van der Waals surface area (Å²) in [5.41, 5.74) is 1.10. The summed E-state index contributed by atoms with van der Waals surface area (Å²) < 4.78 is 0.700. The van der Waals surface area contributed by atoms with E-state index in [4.69, 9.17) is 0 Å². The lowest BCUT2D eigenvalue weighted by molar-refractivity contribution is -0.119. The maximum Gasteiger partial charge on any atom is 0.220 e. The van der Waals surface area contributed by atoms with Crippen molar-refractivity contribution in [3.63, 3.8) is 0 Å². The normalized spacial score (nSPS) is 19.4. The summed E-state index contributed by atoms with van der Waals surface area (Å²) in [5, 5.41) is 15.6. The van der Waals surface area contributed by atoms with Gasteiger partial charge in [0.1, 0.15) is 5.75 Å². The highest BCUT2D eigenvalue weighted by Crippen LogP contribution is 2.24. The zero-order valence-corrected chi connectivity index (χ0v) is 11.0. The Morgan fingerprint density at radius 1 is 1.53 bits per heavy atom. The van der Waals surface area contributed by atoms with Crippen LogP contribution in [0.5, 0.6) is 5.75 Å². The average molecular weight is 299 g/mol. The molecule has 3 N–H and O–H groups in total. The molecular weight excluding hydrogens is 284 g/mol. The van der Waals surface area contributed by atoms with Crippen molar-refractivity contribution in [2.24, 2.45) is 0 Å². The van der Waals surface area contributed by atoms with Crippen LogP contribution in [-0.4, -0.2) is 23.6 Å². The Morgan fingerprint density at radius 2 is 2.35 bits per heavy atom. The monoisotopic (exact) mass is 298 g/mol. The predicted molar refractivity (Wildman–Crippen MR) is 68.7 cm³/mol. The Balaban J connectivity index is 1.78. The highest BCUT2D eigenvalue weighted by Gasteiger charge is 2.19. The van der Waals surface area contributed by atoms with Crippen molar-refractivity contribution in [2.75, 3.05) is 6.54 Å². The molecule has 92 valence electrons. The van der Waals surface area contributed by atoms with E-state index in [1.807, 2.05) is 12.1 Å². The number of aromatic hydroxyl groups is 1. The number of nitrogens with one attached hydrogen (secondary N) is 2. The van der Waals surface area contributed by atoms with E-state index in [2.05, 4.69) is 26.6 Å². The summed E-state index contributed by atoms with van der Waals surface area (Å²) in [4.78, 5) is 11.0. The Bertz CT molecular complexity index is 423. The number of phenols is 1. The van der Waals surface area contributed by atoms with Crippen molar-refractivity contribution in [2.45, 2.75) is 25.4 Å². The molecule has 1 fully saturated rings. The van der Waals surface area contributed by atoms with Gasteiger partial charge in [-0.2, -0.15) is 0 Å². The molecule has 1 aromatic carbocycles. The van der Waals surface area contributed by atoms with Gasteiger partial charge < -0.3 is 15.7 Å². The maximum atomic E-state index is 11.0. The number of rotatable bonds is 4. The first-order chi connectivity index (χ1) is 8.15. The van der Waals surface area contributed by atoms with E-state index in [0.29, 0.717) is 10.9 Å². The number of hydrogen-bond acceptors (Lipinski definition) is 3. The van der Waals surface area contributed by atoms with Crippen molar-refractivity contribution < 1.29 is 9.90 Å². The molecule has 1 aliphatic heterocycles. The molecule has 1 heterocycles. The number of phenolic OH excluding ortho intramolecular Hbond substituents is 1. The van der Waals surface area contributed by atoms with Crippen molar-refractivity contribution in [3.8, 4) is 5.75 Å². The lowest BCUT2D eigenvalue weighted by atomic mass is 10.2. The third-order valence-corrected chi connectivity index (χ3v) is 3.45. The standard InChI is InChI=1S/C12H15BrN2O2/c13-10-5-8(1-3-11(10)16)6-14-7-9-2-4-12(17)15-9/h1,3,5,9,14,16H,2,4,6-7H2,(H,15,17). The average Bonchev–Trinajstić information content (AvgIpc) is 2.70. The maximum absolute atomic E-state index is 11.0. The van der Waals surface area contributed by atoms with Gasteiger partial charge in [-0.1, -0.05) is 6.07 Å². The van der Waals surface area contributed by atoms with Crippen molar-refractivity contribution in [1.29, 1.82) is 0 Å². The van der Waals surface area contributed by atoms with Crippen LogP contribution in [0.3, 0.4) is 0 Å². The van der Waals surface area contributed by atoms with Crippen LogP contribution < -0.4 is 10.6 Å². The fraction of sp³-hybridized carbons (Fsp3) is 0.417. The number of halogens is 1. The summed E-state index contributed by atoms with van der Waals surface area (Å²) >= 11 is 3.28.